The molecule has 0 spiro atoms. The first-order valence-corrected chi connectivity index (χ1v) is 11.0. The highest BCUT2D eigenvalue weighted by Gasteiger charge is 2.19. The molecule has 1 aromatic heterocycles. The normalized spacial score (nSPS) is 11.8. The Kier molecular flexibility index (Phi) is 7.12. The molecule has 3 rings (SSSR count). The van der Waals surface area contributed by atoms with Crippen LogP contribution in [0.4, 0.5) is 5.69 Å². The van der Waals surface area contributed by atoms with Crippen LogP contribution in [0.5, 0.6) is 0 Å². The van der Waals surface area contributed by atoms with Gasteiger partial charge < -0.3 is 15.2 Å². The Balaban J connectivity index is 1.59. The van der Waals surface area contributed by atoms with Gasteiger partial charge in [-0.25, -0.2) is 0 Å². The van der Waals surface area contributed by atoms with Crippen molar-refractivity contribution < 1.29 is 9.59 Å². The summed E-state index contributed by atoms with van der Waals surface area (Å²) >= 11 is 1.30. The lowest BCUT2D eigenvalue weighted by atomic mass is 10.1. The van der Waals surface area contributed by atoms with Crippen molar-refractivity contribution in [1.29, 1.82) is 0 Å². The lowest BCUT2D eigenvalue weighted by Crippen LogP contribution is -2.29. The highest BCUT2D eigenvalue weighted by molar-refractivity contribution is 7.99. The van der Waals surface area contributed by atoms with E-state index in [2.05, 4.69) is 26.9 Å². The Labute approximate surface area is 186 Å². The van der Waals surface area contributed by atoms with Crippen molar-refractivity contribution in [1.82, 2.24) is 20.1 Å². The highest BCUT2D eigenvalue weighted by atomic mass is 32.2. The van der Waals surface area contributed by atoms with Crippen LogP contribution in [0.3, 0.4) is 0 Å². The number of nitrogens with one attached hydrogen (secondary N) is 2. The minimum absolute atomic E-state index is 0.111. The van der Waals surface area contributed by atoms with Gasteiger partial charge in [-0.2, -0.15) is 0 Å². The Bertz CT molecular complexity index is 1090. The number of carbonyl (C=O) groups excluding carboxylic acids is 2. The topological polar surface area (TPSA) is 88.9 Å². The zero-order valence-corrected chi connectivity index (χ0v) is 19.2. The molecule has 1 atom stereocenters. The molecule has 0 fully saturated rings. The van der Waals surface area contributed by atoms with E-state index in [1.54, 1.807) is 10.6 Å². The Morgan fingerprint density at radius 1 is 1.06 bits per heavy atom. The number of thioether (sulfide) groups is 1. The molecule has 31 heavy (non-hydrogen) atoms. The Morgan fingerprint density at radius 3 is 2.42 bits per heavy atom. The minimum Gasteiger partial charge on any atom is -0.342 e. The molecule has 7 nitrogen and oxygen atoms in total. The molecule has 0 saturated carbocycles. The first-order chi connectivity index (χ1) is 14.7. The Morgan fingerprint density at radius 2 is 1.74 bits per heavy atom. The molecular formula is C23H27N5O2S. The summed E-state index contributed by atoms with van der Waals surface area (Å²) in [6, 6.07) is 13.0. The number of hydrogen-bond acceptors (Lipinski definition) is 5. The predicted octanol–water partition coefficient (Wildman–Crippen LogP) is 3.96. The van der Waals surface area contributed by atoms with Gasteiger partial charge in [0, 0.05) is 18.3 Å². The maximum atomic E-state index is 12.6. The molecule has 2 aromatic carbocycles. The van der Waals surface area contributed by atoms with Gasteiger partial charge in [-0.05, 0) is 62.6 Å². The second kappa shape index (κ2) is 9.78. The first-order valence-electron chi connectivity index (χ1n) is 10.0. The summed E-state index contributed by atoms with van der Waals surface area (Å²) in [7, 11) is 1.83. The lowest BCUT2D eigenvalue weighted by molar-refractivity contribution is -0.113. The maximum Gasteiger partial charge on any atom is 0.252 e. The first kappa shape index (κ1) is 22.6. The van der Waals surface area contributed by atoms with Crippen LogP contribution in [0.25, 0.3) is 0 Å². The third kappa shape index (κ3) is 5.73. The van der Waals surface area contributed by atoms with Gasteiger partial charge in [0.15, 0.2) is 11.0 Å². The summed E-state index contributed by atoms with van der Waals surface area (Å²) in [5.41, 5.74) is 4.53. The van der Waals surface area contributed by atoms with Crippen molar-refractivity contribution in [3.8, 4) is 0 Å². The van der Waals surface area contributed by atoms with E-state index in [1.807, 2.05) is 65.1 Å². The van der Waals surface area contributed by atoms with E-state index in [0.29, 0.717) is 16.5 Å². The van der Waals surface area contributed by atoms with Gasteiger partial charge in [0.2, 0.25) is 5.91 Å². The molecule has 1 heterocycles. The number of anilines is 1. The summed E-state index contributed by atoms with van der Waals surface area (Å²) in [4.78, 5) is 24.9. The number of hydrogen-bond donors (Lipinski definition) is 2. The molecule has 2 amide bonds. The van der Waals surface area contributed by atoms with Crippen molar-refractivity contribution in [2.45, 2.75) is 38.9 Å². The molecule has 0 aliphatic rings. The number of rotatable bonds is 7. The molecular weight excluding hydrogens is 410 g/mol. The van der Waals surface area contributed by atoms with E-state index < -0.39 is 0 Å². The zero-order valence-electron chi connectivity index (χ0n) is 18.4. The molecule has 0 aliphatic heterocycles. The largest absolute Gasteiger partial charge is 0.342 e. The van der Waals surface area contributed by atoms with Gasteiger partial charge in [-0.15, -0.1) is 10.2 Å². The fraction of sp³-hybridized carbons (Fsp3) is 0.304. The van der Waals surface area contributed by atoms with Crippen molar-refractivity contribution >= 4 is 29.3 Å². The van der Waals surface area contributed by atoms with Crippen LogP contribution in [0, 0.1) is 20.8 Å². The third-order valence-corrected chi connectivity index (χ3v) is 5.85. The van der Waals surface area contributed by atoms with Crippen LogP contribution in [0.2, 0.25) is 0 Å². The molecule has 0 bridgehead atoms. The summed E-state index contributed by atoms with van der Waals surface area (Å²) in [6.45, 7) is 7.76. The molecule has 0 saturated heterocycles. The van der Waals surface area contributed by atoms with Crippen molar-refractivity contribution in [3.05, 3.63) is 70.5 Å². The second-order valence-electron chi connectivity index (χ2n) is 7.62. The van der Waals surface area contributed by atoms with E-state index in [4.69, 9.17) is 0 Å². The van der Waals surface area contributed by atoms with E-state index in [9.17, 15) is 9.59 Å². The smallest absolute Gasteiger partial charge is 0.252 e. The number of benzene rings is 2. The van der Waals surface area contributed by atoms with Crippen LogP contribution in [-0.2, 0) is 11.8 Å². The van der Waals surface area contributed by atoms with Gasteiger partial charge in [0.05, 0.1) is 11.8 Å². The van der Waals surface area contributed by atoms with Crippen LogP contribution >= 0.6 is 11.8 Å². The number of amides is 2. The van der Waals surface area contributed by atoms with E-state index >= 15 is 0 Å². The SMILES string of the molecule is Cc1cc(C)cc(NC(=O)CSc2nnc([C@H](C)NC(=O)c3ccccc3C)n2C)c1. The average Bonchev–Trinajstić information content (AvgIpc) is 3.06. The van der Waals surface area contributed by atoms with Crippen LogP contribution in [-0.4, -0.2) is 32.3 Å². The van der Waals surface area contributed by atoms with Crippen molar-refractivity contribution in [2.24, 2.45) is 7.05 Å². The fourth-order valence-corrected chi connectivity index (χ4v) is 4.09. The zero-order chi connectivity index (χ0) is 22.5. The average molecular weight is 438 g/mol. The van der Waals surface area contributed by atoms with E-state index in [1.165, 1.54) is 11.8 Å². The maximum absolute atomic E-state index is 12.6. The summed E-state index contributed by atoms with van der Waals surface area (Å²) in [6.07, 6.45) is 0. The van der Waals surface area contributed by atoms with Gasteiger partial charge >= 0.3 is 0 Å². The second-order valence-corrected chi connectivity index (χ2v) is 8.57. The van der Waals surface area contributed by atoms with Gasteiger partial charge in [0.1, 0.15) is 0 Å². The molecule has 3 aromatic rings. The summed E-state index contributed by atoms with van der Waals surface area (Å²) in [5.74, 6) is 0.568. The van der Waals surface area contributed by atoms with Crippen molar-refractivity contribution in [2.75, 3.05) is 11.1 Å². The monoisotopic (exact) mass is 437 g/mol. The molecule has 0 unspecified atom stereocenters. The van der Waals surface area contributed by atoms with Crippen LogP contribution < -0.4 is 10.6 Å². The van der Waals surface area contributed by atoms with Gasteiger partial charge in [0.25, 0.3) is 5.91 Å². The highest BCUT2D eigenvalue weighted by Crippen LogP contribution is 2.20. The lowest BCUT2D eigenvalue weighted by Gasteiger charge is -2.14. The number of aryl methyl sites for hydroxylation is 3. The van der Waals surface area contributed by atoms with E-state index in [0.717, 1.165) is 22.4 Å². The molecule has 8 heteroatoms. The molecule has 0 aliphatic carbocycles. The number of aromatic nitrogens is 3. The van der Waals surface area contributed by atoms with Crippen molar-refractivity contribution in [3.63, 3.8) is 0 Å². The molecule has 0 radical (unpaired) electrons. The minimum atomic E-state index is -0.331. The van der Waals surface area contributed by atoms with Gasteiger partial charge in [-0.3, -0.25) is 9.59 Å². The third-order valence-electron chi connectivity index (χ3n) is 4.83. The van der Waals surface area contributed by atoms with E-state index in [-0.39, 0.29) is 23.6 Å². The standard InChI is InChI=1S/C23H27N5O2S/c1-14-10-15(2)12-18(11-14)25-20(29)13-31-23-27-26-21(28(23)5)17(4)24-22(30)19-9-7-6-8-16(19)3/h6-12,17H,13H2,1-5H3,(H,24,30)(H,25,29)/t17-/m0/s1. The summed E-state index contributed by atoms with van der Waals surface area (Å²) < 4.78 is 1.80. The quantitative estimate of drug-likeness (QED) is 0.546. The van der Waals surface area contributed by atoms with Gasteiger partial charge in [-0.1, -0.05) is 36.0 Å². The Hall–Kier alpha value is -3.13. The molecule has 2 N–H and O–H groups in total. The number of nitrogens with zero attached hydrogens (tertiary/aromatic N) is 3. The van der Waals surface area contributed by atoms with Crippen LogP contribution in [0.15, 0.2) is 47.6 Å². The number of carbonyl (C=O) groups is 2. The van der Waals surface area contributed by atoms with Crippen LogP contribution in [0.1, 0.15) is 45.8 Å². The fourth-order valence-electron chi connectivity index (χ4n) is 3.37. The molecule has 162 valence electrons. The summed E-state index contributed by atoms with van der Waals surface area (Å²) in [5, 5.41) is 14.9. The predicted molar refractivity (Wildman–Crippen MR) is 123 cm³/mol.